The molecule has 13 heavy (non-hydrogen) atoms. The van der Waals surface area contributed by atoms with Crippen molar-refractivity contribution in [3.63, 3.8) is 0 Å². The maximum absolute atomic E-state index is 11.7. The van der Waals surface area contributed by atoms with Crippen LogP contribution in [0.1, 0.15) is 6.92 Å². The topological polar surface area (TPSA) is 80.3 Å². The van der Waals surface area contributed by atoms with Crippen LogP contribution in [0, 0.1) is 0 Å². The molecule has 0 amide bonds. The zero-order valence-electron chi connectivity index (χ0n) is 7.33. The van der Waals surface area contributed by atoms with E-state index in [9.17, 15) is 9.13 Å². The Hall–Kier alpha value is 0.260. The molecule has 0 spiro atoms. The molecule has 1 unspecified atom stereocenters. The van der Waals surface area contributed by atoms with Crippen LogP contribution in [-0.2, 0) is 32.6 Å². The van der Waals surface area contributed by atoms with Crippen LogP contribution in [-0.4, -0.2) is 19.6 Å². The fraction of sp³-hybridized carbons (Fsp3) is 1.00. The predicted octanol–water partition coefficient (Wildman–Crippen LogP) is 1.90. The monoisotopic (exact) mass is 232 g/mol. The van der Waals surface area contributed by atoms with Crippen molar-refractivity contribution in [2.45, 2.75) is 12.3 Å². The molecule has 78 valence electrons. The summed E-state index contributed by atoms with van der Waals surface area (Å²) in [6, 6.07) is 0. The van der Waals surface area contributed by atoms with Crippen LogP contribution in [0.5, 0.6) is 0 Å². The van der Waals surface area contributed by atoms with Crippen molar-refractivity contribution in [2.24, 2.45) is 0 Å². The normalized spacial score (nSPS) is 23.6. The lowest BCUT2D eigenvalue weighted by Gasteiger charge is -2.29. The molecular formula is C4H10O7P2. The Balaban J connectivity index is 2.81. The third-order valence-corrected chi connectivity index (χ3v) is 6.78. The molecule has 1 aliphatic rings. The molecule has 1 rings (SSSR count). The van der Waals surface area contributed by atoms with Gasteiger partial charge in [0.15, 0.2) is 5.40 Å². The van der Waals surface area contributed by atoms with E-state index in [1.165, 1.54) is 21.1 Å². The zero-order valence-corrected chi connectivity index (χ0v) is 9.12. The fourth-order valence-corrected chi connectivity index (χ4v) is 4.14. The summed E-state index contributed by atoms with van der Waals surface area (Å²) < 4.78 is 40.8. The Morgan fingerprint density at radius 3 is 2.00 bits per heavy atom. The highest BCUT2D eigenvalue weighted by atomic mass is 31.2. The molecule has 1 aliphatic heterocycles. The van der Waals surface area contributed by atoms with Gasteiger partial charge < -0.3 is 9.05 Å². The van der Waals surface area contributed by atoms with E-state index >= 15 is 0 Å². The SMILES string of the molecule is COP(=O)(OC)C(C)P1(=O)OOO1. The minimum absolute atomic E-state index is 1.01. The second-order valence-electron chi connectivity index (χ2n) is 2.29. The first-order chi connectivity index (χ1) is 5.98. The average Bonchev–Trinajstić information content (AvgIpc) is 2.11. The van der Waals surface area contributed by atoms with E-state index in [0.29, 0.717) is 0 Å². The summed E-state index contributed by atoms with van der Waals surface area (Å²) in [5.41, 5.74) is 0. The second-order valence-corrected chi connectivity index (χ2v) is 7.44. The van der Waals surface area contributed by atoms with Gasteiger partial charge in [0.2, 0.25) is 0 Å². The summed E-state index contributed by atoms with van der Waals surface area (Å²) in [4.78, 5) is 0. The van der Waals surface area contributed by atoms with Crippen molar-refractivity contribution in [1.82, 2.24) is 0 Å². The highest BCUT2D eigenvalue weighted by Gasteiger charge is 2.54. The molecule has 0 bridgehead atoms. The first-order valence-corrected chi connectivity index (χ1v) is 6.56. The largest absolute Gasteiger partial charge is 0.404 e. The summed E-state index contributed by atoms with van der Waals surface area (Å²) in [6.07, 6.45) is 0. The van der Waals surface area contributed by atoms with E-state index in [0.717, 1.165) is 0 Å². The number of rotatable bonds is 4. The quantitative estimate of drug-likeness (QED) is 0.540. The molecule has 0 N–H and O–H groups in total. The van der Waals surface area contributed by atoms with E-state index < -0.39 is 20.6 Å². The van der Waals surface area contributed by atoms with Gasteiger partial charge in [0.25, 0.3) is 0 Å². The van der Waals surface area contributed by atoms with Crippen molar-refractivity contribution < 1.29 is 32.6 Å². The standard InChI is InChI=1S/C4H10O7P2/c1-4(12(5,7-2)8-3)13(6)10-9-11-13/h4H,1-3H3. The van der Waals surface area contributed by atoms with E-state index in [4.69, 9.17) is 0 Å². The summed E-state index contributed by atoms with van der Waals surface area (Å²) in [7, 11) is -4.55. The van der Waals surface area contributed by atoms with Gasteiger partial charge >= 0.3 is 15.2 Å². The maximum atomic E-state index is 11.7. The Bertz CT molecular complexity index is 260. The van der Waals surface area contributed by atoms with Crippen molar-refractivity contribution in [3.05, 3.63) is 0 Å². The molecule has 1 fully saturated rings. The molecule has 0 aromatic rings. The third-order valence-electron chi connectivity index (χ3n) is 1.69. The van der Waals surface area contributed by atoms with Gasteiger partial charge in [-0.25, -0.2) is 0 Å². The molecule has 7 nitrogen and oxygen atoms in total. The van der Waals surface area contributed by atoms with Gasteiger partial charge in [-0.2, -0.15) is 0 Å². The van der Waals surface area contributed by atoms with Crippen LogP contribution in [0.3, 0.4) is 0 Å². The number of hydrogen-bond acceptors (Lipinski definition) is 7. The van der Waals surface area contributed by atoms with Crippen molar-refractivity contribution >= 4 is 15.2 Å². The molecule has 1 saturated heterocycles. The van der Waals surface area contributed by atoms with E-state index in [2.05, 4.69) is 23.4 Å². The van der Waals surface area contributed by atoms with E-state index in [1.807, 2.05) is 0 Å². The molecule has 0 saturated carbocycles. The summed E-state index contributed by atoms with van der Waals surface area (Å²) in [5, 5.41) is 2.84. The van der Waals surface area contributed by atoms with Crippen molar-refractivity contribution in [2.75, 3.05) is 14.2 Å². The lowest BCUT2D eigenvalue weighted by molar-refractivity contribution is -0.488. The first-order valence-electron chi connectivity index (χ1n) is 3.34. The Morgan fingerprint density at radius 1 is 1.31 bits per heavy atom. The second kappa shape index (κ2) is 3.79. The summed E-state index contributed by atoms with van der Waals surface area (Å²) in [5.74, 6) is 0. The van der Waals surface area contributed by atoms with Gasteiger partial charge in [0.1, 0.15) is 0 Å². The predicted molar refractivity (Wildman–Crippen MR) is 41.9 cm³/mol. The van der Waals surface area contributed by atoms with Crippen LogP contribution >= 0.6 is 15.2 Å². The molecule has 1 heterocycles. The van der Waals surface area contributed by atoms with Gasteiger partial charge in [-0.15, -0.1) is 9.35 Å². The zero-order chi connectivity index (χ0) is 10.1. The van der Waals surface area contributed by atoms with Crippen LogP contribution in [0.4, 0.5) is 0 Å². The van der Waals surface area contributed by atoms with E-state index in [1.54, 1.807) is 0 Å². The number of hydrogen-bond donors (Lipinski definition) is 0. The minimum Gasteiger partial charge on any atom is -0.311 e. The average molecular weight is 232 g/mol. The molecular weight excluding hydrogens is 222 g/mol. The Labute approximate surface area is 75.2 Å². The molecule has 0 aromatic carbocycles. The van der Waals surface area contributed by atoms with Gasteiger partial charge in [0.05, 0.1) is 0 Å². The third kappa shape index (κ3) is 1.87. The van der Waals surface area contributed by atoms with Gasteiger partial charge in [0, 0.05) is 14.2 Å². The highest BCUT2D eigenvalue weighted by Crippen LogP contribution is 2.73. The van der Waals surface area contributed by atoms with E-state index in [-0.39, 0.29) is 0 Å². The lowest BCUT2D eigenvalue weighted by atomic mass is 11.0. The minimum atomic E-state index is -3.47. The molecule has 0 aromatic heterocycles. The van der Waals surface area contributed by atoms with Crippen LogP contribution < -0.4 is 0 Å². The Morgan fingerprint density at radius 2 is 1.77 bits per heavy atom. The molecule has 0 radical (unpaired) electrons. The van der Waals surface area contributed by atoms with Crippen LogP contribution in [0.25, 0.3) is 0 Å². The van der Waals surface area contributed by atoms with Gasteiger partial charge in [-0.05, 0) is 6.92 Å². The van der Waals surface area contributed by atoms with Crippen molar-refractivity contribution in [3.8, 4) is 0 Å². The Kier molecular flexibility index (Phi) is 3.30. The molecule has 9 heteroatoms. The fourth-order valence-electron chi connectivity index (χ4n) is 0.768. The lowest BCUT2D eigenvalue weighted by Crippen LogP contribution is -2.18. The smallest absolute Gasteiger partial charge is 0.311 e. The molecule has 1 atom stereocenters. The highest BCUT2D eigenvalue weighted by molar-refractivity contribution is 7.72. The van der Waals surface area contributed by atoms with Gasteiger partial charge in [-0.3, -0.25) is 9.13 Å². The van der Waals surface area contributed by atoms with Gasteiger partial charge in [-0.1, -0.05) is 5.04 Å². The summed E-state index contributed by atoms with van der Waals surface area (Å²) in [6.45, 7) is 1.37. The molecule has 0 aliphatic carbocycles. The summed E-state index contributed by atoms with van der Waals surface area (Å²) >= 11 is 0. The van der Waals surface area contributed by atoms with Crippen LogP contribution in [0.2, 0.25) is 0 Å². The maximum Gasteiger partial charge on any atom is 0.404 e. The van der Waals surface area contributed by atoms with Crippen LogP contribution in [0.15, 0.2) is 0 Å². The van der Waals surface area contributed by atoms with Crippen molar-refractivity contribution in [1.29, 1.82) is 0 Å². The first kappa shape index (κ1) is 11.3.